The van der Waals surface area contributed by atoms with E-state index in [0.717, 1.165) is 17.9 Å². The van der Waals surface area contributed by atoms with Gasteiger partial charge < -0.3 is 14.4 Å². The summed E-state index contributed by atoms with van der Waals surface area (Å²) >= 11 is 0. The van der Waals surface area contributed by atoms with E-state index in [1.807, 2.05) is 31.3 Å². The Morgan fingerprint density at radius 2 is 1.41 bits per heavy atom. The molecule has 2 rings (SSSR count). The van der Waals surface area contributed by atoms with Crippen molar-refractivity contribution in [2.45, 2.75) is 6.42 Å². The van der Waals surface area contributed by atoms with Gasteiger partial charge >= 0.3 is 0 Å². The summed E-state index contributed by atoms with van der Waals surface area (Å²) in [5.74, 6) is 1.60. The van der Waals surface area contributed by atoms with Gasteiger partial charge in [0.2, 0.25) is 0 Å². The topological polar surface area (TPSA) is 38.8 Å². The normalized spacial score (nSPS) is 10.1. The molecule has 0 spiro atoms. The van der Waals surface area contributed by atoms with Crippen molar-refractivity contribution in [3.05, 3.63) is 59.7 Å². The predicted molar refractivity (Wildman–Crippen MR) is 86.7 cm³/mol. The minimum absolute atomic E-state index is 0.0103. The molecule has 0 aromatic heterocycles. The quantitative estimate of drug-likeness (QED) is 0.823. The van der Waals surface area contributed by atoms with Crippen molar-refractivity contribution in [3.8, 4) is 11.5 Å². The zero-order valence-electron chi connectivity index (χ0n) is 13.2. The number of hydrogen-bond acceptors (Lipinski definition) is 3. The molecule has 0 radical (unpaired) electrons. The number of carbonyl (C=O) groups excluding carboxylic acids is 1. The molecule has 22 heavy (non-hydrogen) atoms. The van der Waals surface area contributed by atoms with Gasteiger partial charge in [-0.15, -0.1) is 0 Å². The number of hydrogen-bond donors (Lipinski definition) is 0. The Kier molecular flexibility index (Phi) is 5.42. The van der Waals surface area contributed by atoms with Crippen molar-refractivity contribution in [3.63, 3.8) is 0 Å². The van der Waals surface area contributed by atoms with E-state index in [9.17, 15) is 4.79 Å². The second kappa shape index (κ2) is 7.50. The summed E-state index contributed by atoms with van der Waals surface area (Å²) < 4.78 is 10.2. The summed E-state index contributed by atoms with van der Waals surface area (Å²) in [7, 11) is 5.07. The molecule has 1 amide bonds. The molecule has 4 heteroatoms. The van der Waals surface area contributed by atoms with Crippen LogP contribution in [0.2, 0.25) is 0 Å². The van der Waals surface area contributed by atoms with Crippen molar-refractivity contribution in [2.24, 2.45) is 0 Å². The van der Waals surface area contributed by atoms with Gasteiger partial charge in [0.05, 0.1) is 14.2 Å². The van der Waals surface area contributed by atoms with Gasteiger partial charge in [-0.25, -0.2) is 0 Å². The molecule has 0 aliphatic rings. The summed E-state index contributed by atoms with van der Waals surface area (Å²) in [6, 6.07) is 15.1. The van der Waals surface area contributed by atoms with Crippen LogP contribution in [0.3, 0.4) is 0 Å². The lowest BCUT2D eigenvalue weighted by molar-refractivity contribution is 0.0796. The molecular formula is C18H21NO3. The molecule has 0 bridgehead atoms. The van der Waals surface area contributed by atoms with Crippen molar-refractivity contribution in [1.29, 1.82) is 0 Å². The zero-order chi connectivity index (χ0) is 15.9. The van der Waals surface area contributed by atoms with Crippen LogP contribution >= 0.6 is 0 Å². The van der Waals surface area contributed by atoms with Gasteiger partial charge in [0.15, 0.2) is 0 Å². The SMILES string of the molecule is COc1ccc(CCN(C)C(=O)c2ccc(OC)cc2)cc1. The smallest absolute Gasteiger partial charge is 0.253 e. The van der Waals surface area contributed by atoms with Gasteiger partial charge in [0.1, 0.15) is 11.5 Å². The lowest BCUT2D eigenvalue weighted by atomic mass is 10.1. The molecular weight excluding hydrogens is 278 g/mol. The summed E-state index contributed by atoms with van der Waals surface area (Å²) in [5.41, 5.74) is 1.84. The third kappa shape index (κ3) is 4.01. The highest BCUT2D eigenvalue weighted by atomic mass is 16.5. The highest BCUT2D eigenvalue weighted by molar-refractivity contribution is 5.94. The third-order valence-electron chi connectivity index (χ3n) is 3.58. The van der Waals surface area contributed by atoms with E-state index in [4.69, 9.17) is 9.47 Å². The average molecular weight is 299 g/mol. The first kappa shape index (κ1) is 15.9. The Labute approximate surface area is 131 Å². The molecule has 0 aliphatic carbocycles. The van der Waals surface area contributed by atoms with E-state index in [1.54, 1.807) is 43.4 Å². The third-order valence-corrected chi connectivity index (χ3v) is 3.58. The molecule has 0 aliphatic heterocycles. The molecule has 2 aromatic rings. The first-order valence-corrected chi connectivity index (χ1v) is 7.16. The van der Waals surface area contributed by atoms with Crippen molar-refractivity contribution < 1.29 is 14.3 Å². The summed E-state index contributed by atoms with van der Waals surface area (Å²) in [6.45, 7) is 0.664. The predicted octanol–water partition coefficient (Wildman–Crippen LogP) is 3.02. The zero-order valence-corrected chi connectivity index (χ0v) is 13.2. The maximum absolute atomic E-state index is 12.3. The number of rotatable bonds is 6. The van der Waals surface area contributed by atoms with E-state index in [0.29, 0.717) is 12.1 Å². The Balaban J connectivity index is 1.92. The highest BCUT2D eigenvalue weighted by Crippen LogP contribution is 2.14. The first-order valence-electron chi connectivity index (χ1n) is 7.16. The molecule has 0 unspecified atom stereocenters. The fourth-order valence-corrected chi connectivity index (χ4v) is 2.14. The Hall–Kier alpha value is -2.49. The standard InChI is InChI=1S/C18H21NO3/c1-19(13-12-14-4-8-16(21-2)9-5-14)18(20)15-6-10-17(22-3)11-7-15/h4-11H,12-13H2,1-3H3. The van der Waals surface area contributed by atoms with Gasteiger partial charge in [-0.05, 0) is 48.4 Å². The van der Waals surface area contributed by atoms with Crippen LogP contribution in [0, 0.1) is 0 Å². The lowest BCUT2D eigenvalue weighted by Crippen LogP contribution is -2.28. The average Bonchev–Trinajstić information content (AvgIpc) is 2.59. The number of nitrogens with zero attached hydrogens (tertiary/aromatic N) is 1. The molecule has 0 heterocycles. The monoisotopic (exact) mass is 299 g/mol. The number of carbonyl (C=O) groups is 1. The van der Waals surface area contributed by atoms with Gasteiger partial charge in [0.25, 0.3) is 5.91 Å². The summed E-state index contributed by atoms with van der Waals surface area (Å²) in [4.78, 5) is 14.1. The second-order valence-electron chi connectivity index (χ2n) is 5.05. The minimum atomic E-state index is 0.0103. The van der Waals surface area contributed by atoms with Gasteiger partial charge in [-0.1, -0.05) is 12.1 Å². The van der Waals surface area contributed by atoms with Gasteiger partial charge in [0, 0.05) is 19.2 Å². The molecule has 0 saturated heterocycles. The van der Waals surface area contributed by atoms with Crippen molar-refractivity contribution in [2.75, 3.05) is 27.8 Å². The molecule has 4 nitrogen and oxygen atoms in total. The van der Waals surface area contributed by atoms with E-state index in [-0.39, 0.29) is 5.91 Å². The summed E-state index contributed by atoms with van der Waals surface area (Å²) in [6.07, 6.45) is 0.808. The van der Waals surface area contributed by atoms with Crippen LogP contribution in [0.1, 0.15) is 15.9 Å². The minimum Gasteiger partial charge on any atom is -0.497 e. The second-order valence-corrected chi connectivity index (χ2v) is 5.05. The number of benzene rings is 2. The largest absolute Gasteiger partial charge is 0.497 e. The van der Waals surface area contributed by atoms with Gasteiger partial charge in [-0.2, -0.15) is 0 Å². The van der Waals surface area contributed by atoms with Crippen LogP contribution in [-0.4, -0.2) is 38.6 Å². The fraction of sp³-hybridized carbons (Fsp3) is 0.278. The number of ether oxygens (including phenoxy) is 2. The maximum atomic E-state index is 12.3. The molecule has 116 valence electrons. The number of methoxy groups -OCH3 is 2. The molecule has 0 N–H and O–H groups in total. The first-order chi connectivity index (χ1) is 10.6. The number of amides is 1. The van der Waals surface area contributed by atoms with E-state index in [2.05, 4.69) is 0 Å². The molecule has 2 aromatic carbocycles. The van der Waals surface area contributed by atoms with E-state index >= 15 is 0 Å². The molecule has 0 atom stereocenters. The fourth-order valence-electron chi connectivity index (χ4n) is 2.14. The van der Waals surface area contributed by atoms with E-state index in [1.165, 1.54) is 5.56 Å². The number of likely N-dealkylation sites (N-methyl/N-ethyl adjacent to an activating group) is 1. The van der Waals surface area contributed by atoms with Crippen LogP contribution in [0.15, 0.2) is 48.5 Å². The Morgan fingerprint density at radius 1 is 0.909 bits per heavy atom. The highest BCUT2D eigenvalue weighted by Gasteiger charge is 2.11. The van der Waals surface area contributed by atoms with Crippen LogP contribution in [0.4, 0.5) is 0 Å². The van der Waals surface area contributed by atoms with Crippen molar-refractivity contribution >= 4 is 5.91 Å². The van der Waals surface area contributed by atoms with E-state index < -0.39 is 0 Å². The van der Waals surface area contributed by atoms with Crippen LogP contribution in [0.25, 0.3) is 0 Å². The van der Waals surface area contributed by atoms with Crippen LogP contribution in [0.5, 0.6) is 11.5 Å². The molecule has 0 saturated carbocycles. The Bertz CT molecular complexity index is 605. The van der Waals surface area contributed by atoms with Crippen molar-refractivity contribution in [1.82, 2.24) is 4.90 Å². The maximum Gasteiger partial charge on any atom is 0.253 e. The van der Waals surface area contributed by atoms with Gasteiger partial charge in [-0.3, -0.25) is 4.79 Å². The van der Waals surface area contributed by atoms with Crippen LogP contribution in [-0.2, 0) is 6.42 Å². The lowest BCUT2D eigenvalue weighted by Gasteiger charge is -2.17. The summed E-state index contributed by atoms with van der Waals surface area (Å²) in [5, 5.41) is 0. The Morgan fingerprint density at radius 3 is 1.91 bits per heavy atom. The molecule has 0 fully saturated rings. The van der Waals surface area contributed by atoms with Crippen LogP contribution < -0.4 is 9.47 Å².